The van der Waals surface area contributed by atoms with Gasteiger partial charge in [0.2, 0.25) is 17.7 Å². The molecule has 0 saturated carbocycles. The molecule has 0 radical (unpaired) electrons. The minimum Gasteiger partial charge on any atom is -0.502 e. The van der Waals surface area contributed by atoms with Crippen LogP contribution in [-0.4, -0.2) is 332 Å². The summed E-state index contributed by atoms with van der Waals surface area (Å²) in [6.07, 6.45) is -9.65. The molecule has 0 fully saturated rings. The molecular formula is C57H89N11O32. The monoisotopic (exact) mass is 1440 g/mol. The first-order valence-electron chi connectivity index (χ1n) is 30.7. The first kappa shape index (κ1) is 86.0. The number of aliphatic hydroxyl groups is 12. The van der Waals surface area contributed by atoms with E-state index in [9.17, 15) is 130 Å². The number of carboxylic acids is 1. The highest BCUT2D eigenvalue weighted by Crippen LogP contribution is 2.21. The third kappa shape index (κ3) is 28.8. The van der Waals surface area contributed by atoms with Gasteiger partial charge in [0.1, 0.15) is 54.1 Å². The number of aliphatic hydroxyl groups excluding tert-OH is 12. The average molecular weight is 1440 g/mol. The van der Waals surface area contributed by atoms with Crippen molar-refractivity contribution in [1.82, 2.24) is 41.5 Å². The highest BCUT2D eigenvalue weighted by atomic mass is 16.5. The molecule has 27 N–H and O–H groups in total. The van der Waals surface area contributed by atoms with Crippen molar-refractivity contribution in [3.05, 3.63) is 66.0 Å². The molecular weight excluding hydrogens is 1350 g/mol. The van der Waals surface area contributed by atoms with E-state index in [1.165, 1.54) is 0 Å². The summed E-state index contributed by atoms with van der Waals surface area (Å²) >= 11 is 0. The summed E-state index contributed by atoms with van der Waals surface area (Å²) < 4.78 is 32.2. The predicted molar refractivity (Wildman–Crippen MR) is 339 cm³/mol. The molecule has 564 valence electrons. The first-order valence-corrected chi connectivity index (χ1v) is 30.7. The van der Waals surface area contributed by atoms with Crippen LogP contribution in [0.5, 0.6) is 17.2 Å². The van der Waals surface area contributed by atoms with Gasteiger partial charge in [0.15, 0.2) is 17.2 Å². The van der Waals surface area contributed by atoms with Crippen LogP contribution >= 0.6 is 0 Å². The third-order valence-corrected chi connectivity index (χ3v) is 14.2. The fraction of sp³-hybridized carbons (Fsp3) is 0.614. The second kappa shape index (κ2) is 46.2. The summed E-state index contributed by atoms with van der Waals surface area (Å²) in [7, 11) is 0. The average Bonchev–Trinajstić information content (AvgIpc) is 0.832. The van der Waals surface area contributed by atoms with Crippen molar-refractivity contribution >= 4 is 58.9 Å². The summed E-state index contributed by atoms with van der Waals surface area (Å²) in [5.74, 6) is -17.1. The van der Waals surface area contributed by atoms with Crippen molar-refractivity contribution in [3.8, 4) is 17.2 Å². The third-order valence-electron chi connectivity index (χ3n) is 14.2. The van der Waals surface area contributed by atoms with E-state index in [-0.39, 0.29) is 0 Å². The molecule has 0 aliphatic rings. The Morgan fingerprint density at radius 2 is 0.630 bits per heavy atom. The number of H-pyrrole nitrogens is 3. The highest BCUT2D eigenvalue weighted by molar-refractivity contribution is 6.01. The molecule has 100 heavy (non-hydrogen) atoms. The first-order chi connectivity index (χ1) is 47.8. The molecule has 3 rings (SSSR count). The normalized spacial score (nSPS) is 12.1. The number of rotatable bonds is 52. The Morgan fingerprint density at radius 3 is 0.870 bits per heavy atom. The van der Waals surface area contributed by atoms with E-state index < -0.39 is 334 Å². The number of aromatic nitrogens is 3. The number of ether oxygens (including phenoxy) is 6. The highest BCUT2D eigenvalue weighted by Gasteiger charge is 2.31. The summed E-state index contributed by atoms with van der Waals surface area (Å²) in [4.78, 5) is 140. The number of carbonyl (C=O) groups is 7. The second-order valence-electron chi connectivity index (χ2n) is 21.7. The van der Waals surface area contributed by atoms with E-state index >= 15 is 0 Å². The number of aromatic hydroxyl groups is 3. The maximum atomic E-state index is 14.3. The van der Waals surface area contributed by atoms with E-state index in [0.29, 0.717) is 0 Å². The Kier molecular flexibility index (Phi) is 39.7. The minimum atomic E-state index is -1.49. The maximum absolute atomic E-state index is 14.3. The molecule has 1 unspecified atom stereocenters. The number of carbonyl (C=O) groups excluding carboxylic acids is 6. The zero-order chi connectivity index (χ0) is 74.4. The molecule has 3 heterocycles. The molecule has 6 amide bonds. The van der Waals surface area contributed by atoms with Crippen molar-refractivity contribution < 1.29 is 144 Å². The lowest BCUT2D eigenvalue weighted by molar-refractivity contribution is -0.137. The SMILES string of the molecule is O=C(O)CCC(NC(=O)c1cc(NC(=O)C(COC(CO)CO)COC(CO)CO)[nH]c(=O)c1O)C(NCCNC(=O)c1cc(NC(=O)C(COC(CO)CO)COC(CO)CO)[nH]c(=O)c1O)NCCNC(=O)c1cc(NC(=O)C(COC(CO)CO)COC(CO)CO)[nH]c(=O)c1O. The van der Waals surface area contributed by atoms with Crippen molar-refractivity contribution in [3.63, 3.8) is 0 Å². The molecule has 3 aromatic heterocycles. The van der Waals surface area contributed by atoms with Gasteiger partial charge in [0, 0.05) is 32.6 Å². The van der Waals surface area contributed by atoms with Crippen LogP contribution in [0.1, 0.15) is 43.9 Å². The second-order valence-corrected chi connectivity index (χ2v) is 21.7. The zero-order valence-corrected chi connectivity index (χ0v) is 53.7. The Hall–Kier alpha value is -8.26. The van der Waals surface area contributed by atoms with Gasteiger partial charge in [-0.15, -0.1) is 0 Å². The number of amides is 6. The summed E-state index contributed by atoms with van der Waals surface area (Å²) in [6, 6.07) is 0.991. The smallest absolute Gasteiger partial charge is 0.303 e. The van der Waals surface area contributed by atoms with Gasteiger partial charge in [0.25, 0.3) is 34.4 Å². The predicted octanol–water partition coefficient (Wildman–Crippen LogP) is -10.9. The van der Waals surface area contributed by atoms with Crippen LogP contribution < -0.4 is 59.2 Å². The molecule has 3 aromatic rings. The number of nitrogens with one attached hydrogen (secondary N) is 11. The van der Waals surface area contributed by atoms with Crippen LogP contribution in [0, 0.1) is 17.8 Å². The van der Waals surface area contributed by atoms with Gasteiger partial charge in [-0.3, -0.25) is 58.6 Å². The molecule has 0 aromatic carbocycles. The minimum absolute atomic E-state index is 0.396. The number of carboxylic acid groups (broad SMARTS) is 1. The van der Waals surface area contributed by atoms with Gasteiger partial charge in [-0.25, -0.2) is 0 Å². The molecule has 0 aliphatic carbocycles. The van der Waals surface area contributed by atoms with Gasteiger partial charge >= 0.3 is 5.97 Å². The number of hydrogen-bond acceptors (Lipinski definition) is 33. The standard InChI is InChI=1S/C57H89N11O32/c69-10-31(11-70)95-22-28(23-96-32(12-71)13-72)49(86)63-41-7-37(45(83)55(92)66-41)52(89)60-5-3-58-48(59-4-6-61-53(90)38-8-42(67-56(93)46(38)84)64-50(87)29(24-97-33(14-73)15-74)25-98-34(16-75)17-76)40(1-2-44(81)82)62-54(91)39-9-43(68-57(94)47(39)85)65-51(88)30(26-99-35(18-77)19-78)27-100-36(20-79)21-80/h7-9,28-36,40,48,58-59,69-80,83-85H,1-6,10-27H2,(H,60,89)(H,61,90)(H,62,91)(H,81,82)(H2,63,66,86,92)(H2,64,67,87,93)(H2,65,68,88,94). The topological polar surface area (TPSA) is 693 Å². The lowest BCUT2D eigenvalue weighted by Gasteiger charge is -2.30. The molecule has 43 nitrogen and oxygen atoms in total. The van der Waals surface area contributed by atoms with E-state index in [1.54, 1.807) is 0 Å². The van der Waals surface area contributed by atoms with Crippen molar-refractivity contribution in [1.29, 1.82) is 0 Å². The van der Waals surface area contributed by atoms with Crippen LogP contribution in [0.3, 0.4) is 0 Å². The van der Waals surface area contributed by atoms with E-state index in [2.05, 4.69) is 57.5 Å². The van der Waals surface area contributed by atoms with Crippen LogP contribution in [0.4, 0.5) is 17.5 Å². The Balaban J connectivity index is 2.02. The molecule has 0 spiro atoms. The Labute approximate surface area is 566 Å². The summed E-state index contributed by atoms with van der Waals surface area (Å²) in [6.45, 7) is -13.1. The molecule has 0 aliphatic heterocycles. The zero-order valence-electron chi connectivity index (χ0n) is 53.7. The lowest BCUT2D eigenvalue weighted by atomic mass is 10.1. The van der Waals surface area contributed by atoms with Gasteiger partial charge in [-0.1, -0.05) is 0 Å². The van der Waals surface area contributed by atoms with Gasteiger partial charge < -0.3 is 157 Å². The van der Waals surface area contributed by atoms with Gasteiger partial charge in [0.05, 0.1) is 166 Å². The van der Waals surface area contributed by atoms with Crippen LogP contribution in [0.2, 0.25) is 0 Å². The van der Waals surface area contributed by atoms with E-state index in [0.717, 1.165) is 18.2 Å². The number of anilines is 3. The number of hydrogen-bond donors (Lipinski definition) is 27. The molecule has 0 saturated heterocycles. The number of aromatic amines is 3. The van der Waals surface area contributed by atoms with E-state index in [4.69, 9.17) is 28.4 Å². The van der Waals surface area contributed by atoms with E-state index in [1.807, 2.05) is 0 Å². The lowest BCUT2D eigenvalue weighted by Crippen LogP contribution is -2.59. The number of aliphatic carboxylic acids is 1. The van der Waals surface area contributed by atoms with Gasteiger partial charge in [-0.05, 0) is 24.6 Å². The van der Waals surface area contributed by atoms with Gasteiger partial charge in [-0.2, -0.15) is 0 Å². The number of pyridine rings is 3. The molecule has 1 atom stereocenters. The van der Waals surface area contributed by atoms with Crippen molar-refractivity contribution in [2.75, 3.05) is 161 Å². The van der Waals surface area contributed by atoms with Crippen molar-refractivity contribution in [2.45, 2.75) is 61.7 Å². The van der Waals surface area contributed by atoms with Crippen LogP contribution in [0.15, 0.2) is 32.6 Å². The molecule has 0 bridgehead atoms. The maximum Gasteiger partial charge on any atom is 0.303 e. The largest absolute Gasteiger partial charge is 0.502 e. The Bertz CT molecular complexity index is 3030. The van der Waals surface area contributed by atoms with Crippen LogP contribution in [-0.2, 0) is 47.6 Å². The van der Waals surface area contributed by atoms with Crippen molar-refractivity contribution in [2.24, 2.45) is 17.8 Å². The summed E-state index contributed by atoms with van der Waals surface area (Å²) in [5.41, 5.74) is -6.26. The molecule has 43 heteroatoms. The quantitative estimate of drug-likeness (QED) is 0.0184. The van der Waals surface area contributed by atoms with Crippen LogP contribution in [0.25, 0.3) is 0 Å². The fourth-order valence-corrected chi connectivity index (χ4v) is 8.38. The fourth-order valence-electron chi connectivity index (χ4n) is 8.38. The Morgan fingerprint density at radius 1 is 0.380 bits per heavy atom. The summed E-state index contributed by atoms with van der Waals surface area (Å²) in [5, 5.41) is 176.